The smallest absolute Gasteiger partial charge is 0.238 e. The fourth-order valence-electron chi connectivity index (χ4n) is 2.95. The van der Waals surface area contributed by atoms with Gasteiger partial charge in [0.1, 0.15) is 11.6 Å². The Morgan fingerprint density at radius 1 is 1.27 bits per heavy atom. The van der Waals surface area contributed by atoms with Crippen LogP contribution in [0.3, 0.4) is 0 Å². The van der Waals surface area contributed by atoms with Crippen LogP contribution in [0, 0.1) is 11.6 Å². The first-order valence-electron chi connectivity index (χ1n) is 7.98. The Morgan fingerprint density at radius 2 is 2.08 bits per heavy atom. The monoisotopic (exact) mass is 401 g/mol. The van der Waals surface area contributed by atoms with E-state index in [1.54, 1.807) is 6.07 Å². The molecule has 1 heterocycles. The maximum absolute atomic E-state index is 13.8. The fourth-order valence-corrected chi connectivity index (χ4v) is 3.12. The second-order valence-corrected chi connectivity index (χ2v) is 6.35. The highest BCUT2D eigenvalue weighted by Crippen LogP contribution is 2.23. The van der Waals surface area contributed by atoms with Gasteiger partial charge in [0.15, 0.2) is 0 Å². The molecule has 2 aromatic carbocycles. The molecule has 1 atom stereocenters. The summed E-state index contributed by atoms with van der Waals surface area (Å²) in [4.78, 5) is 14.3. The Kier molecular flexibility index (Phi) is 7.34. The molecular weight excluding hydrogens is 383 g/mol. The minimum Gasteiger partial charge on any atom is -0.322 e. The highest BCUT2D eigenvalue weighted by atomic mass is 35.5. The molecule has 0 spiro atoms. The number of piperazine rings is 1. The highest BCUT2D eigenvalue weighted by Gasteiger charge is 2.26. The molecule has 140 valence electrons. The minimum absolute atomic E-state index is 0. The van der Waals surface area contributed by atoms with Gasteiger partial charge in [-0.05, 0) is 35.9 Å². The molecule has 1 saturated heterocycles. The third-order valence-electron chi connectivity index (χ3n) is 4.14. The van der Waals surface area contributed by atoms with Gasteiger partial charge in [0.05, 0.1) is 12.2 Å². The summed E-state index contributed by atoms with van der Waals surface area (Å²) in [5.41, 5.74) is 0.851. The molecule has 2 N–H and O–H groups in total. The van der Waals surface area contributed by atoms with Gasteiger partial charge in [-0.15, -0.1) is 12.4 Å². The third-order valence-corrected chi connectivity index (χ3v) is 4.37. The number of rotatable bonds is 4. The van der Waals surface area contributed by atoms with Crippen molar-refractivity contribution >= 4 is 35.6 Å². The Labute approximate surface area is 161 Å². The summed E-state index contributed by atoms with van der Waals surface area (Å²) in [6.45, 7) is 2.05. The lowest BCUT2D eigenvalue weighted by molar-refractivity contribution is -0.118. The van der Waals surface area contributed by atoms with E-state index in [9.17, 15) is 13.6 Å². The van der Waals surface area contributed by atoms with Gasteiger partial charge >= 0.3 is 0 Å². The number of hydrogen-bond donors (Lipinski definition) is 2. The molecule has 0 aliphatic carbocycles. The van der Waals surface area contributed by atoms with Crippen molar-refractivity contribution in [2.45, 2.75) is 6.04 Å². The molecule has 26 heavy (non-hydrogen) atoms. The van der Waals surface area contributed by atoms with Crippen LogP contribution in [0.1, 0.15) is 11.6 Å². The first-order valence-corrected chi connectivity index (χ1v) is 8.36. The van der Waals surface area contributed by atoms with Gasteiger partial charge in [0, 0.05) is 30.7 Å². The molecule has 1 unspecified atom stereocenters. The number of carbonyl (C=O) groups excluding carboxylic acids is 1. The van der Waals surface area contributed by atoms with Crippen molar-refractivity contribution in [2.75, 3.05) is 31.5 Å². The van der Waals surface area contributed by atoms with Crippen LogP contribution >= 0.6 is 24.0 Å². The highest BCUT2D eigenvalue weighted by molar-refractivity contribution is 6.30. The maximum Gasteiger partial charge on any atom is 0.238 e. The quantitative estimate of drug-likeness (QED) is 0.821. The maximum atomic E-state index is 13.8. The van der Waals surface area contributed by atoms with Crippen LogP contribution in [0.4, 0.5) is 14.5 Å². The van der Waals surface area contributed by atoms with Gasteiger partial charge < -0.3 is 10.6 Å². The summed E-state index contributed by atoms with van der Waals surface area (Å²) >= 11 is 5.84. The SMILES string of the molecule is Cl.O=C(CN1CCNCC1c1cccc(F)c1)Nc1cc(Cl)ccc1F. The first-order chi connectivity index (χ1) is 12.0. The van der Waals surface area contributed by atoms with Crippen molar-refractivity contribution in [3.8, 4) is 0 Å². The van der Waals surface area contributed by atoms with Gasteiger partial charge in [0.2, 0.25) is 5.91 Å². The number of nitrogens with zero attached hydrogens (tertiary/aromatic N) is 1. The standard InChI is InChI=1S/C18H18ClF2N3O.ClH/c19-13-4-5-15(21)16(9-13)23-18(25)11-24-7-6-22-10-17(24)12-2-1-3-14(20)8-12;/h1-5,8-9,17,22H,6-7,10-11H2,(H,23,25);1H. The van der Waals surface area contributed by atoms with Crippen molar-refractivity contribution in [1.82, 2.24) is 10.2 Å². The largest absolute Gasteiger partial charge is 0.322 e. The summed E-state index contributed by atoms with van der Waals surface area (Å²) in [5, 5.41) is 6.14. The number of hydrogen-bond acceptors (Lipinski definition) is 3. The fraction of sp³-hybridized carbons (Fsp3) is 0.278. The van der Waals surface area contributed by atoms with Crippen molar-refractivity contribution in [3.63, 3.8) is 0 Å². The molecule has 3 rings (SSSR count). The number of benzene rings is 2. The number of carbonyl (C=O) groups is 1. The lowest BCUT2D eigenvalue weighted by Gasteiger charge is -2.36. The Balaban J connectivity index is 0.00000243. The van der Waals surface area contributed by atoms with Gasteiger partial charge in [0.25, 0.3) is 0 Å². The van der Waals surface area contributed by atoms with Gasteiger partial charge in [-0.2, -0.15) is 0 Å². The first kappa shape index (κ1) is 20.6. The molecule has 1 aliphatic rings. The van der Waals surface area contributed by atoms with E-state index >= 15 is 0 Å². The van der Waals surface area contributed by atoms with Crippen LogP contribution in [-0.2, 0) is 4.79 Å². The number of anilines is 1. The zero-order valence-corrected chi connectivity index (χ0v) is 15.4. The van der Waals surface area contributed by atoms with Crippen LogP contribution in [0.2, 0.25) is 5.02 Å². The van der Waals surface area contributed by atoms with E-state index in [0.717, 1.165) is 12.1 Å². The summed E-state index contributed by atoms with van der Waals surface area (Å²) in [6.07, 6.45) is 0. The third kappa shape index (κ3) is 5.14. The van der Waals surface area contributed by atoms with Crippen LogP contribution in [0.25, 0.3) is 0 Å². The van der Waals surface area contributed by atoms with Crippen molar-refractivity contribution in [1.29, 1.82) is 0 Å². The summed E-state index contributed by atoms with van der Waals surface area (Å²) in [7, 11) is 0. The molecule has 1 amide bonds. The topological polar surface area (TPSA) is 44.4 Å². The van der Waals surface area contributed by atoms with Crippen LogP contribution in [0.5, 0.6) is 0 Å². The van der Waals surface area contributed by atoms with Gasteiger partial charge in [-0.3, -0.25) is 9.69 Å². The lowest BCUT2D eigenvalue weighted by atomic mass is 10.0. The summed E-state index contributed by atoms with van der Waals surface area (Å²) < 4.78 is 27.3. The predicted octanol–water partition coefficient (Wildman–Crippen LogP) is 3.63. The number of halogens is 4. The minimum atomic E-state index is -0.542. The van der Waals surface area contributed by atoms with Crippen LogP contribution in [0.15, 0.2) is 42.5 Å². The van der Waals surface area contributed by atoms with E-state index in [2.05, 4.69) is 10.6 Å². The lowest BCUT2D eigenvalue weighted by Crippen LogP contribution is -2.48. The molecule has 0 bridgehead atoms. The Hall–Kier alpha value is -1.73. The van der Waals surface area contributed by atoms with Crippen molar-refractivity contribution in [2.24, 2.45) is 0 Å². The van der Waals surface area contributed by atoms with Crippen molar-refractivity contribution < 1.29 is 13.6 Å². The van der Waals surface area contributed by atoms with Crippen molar-refractivity contribution in [3.05, 3.63) is 64.7 Å². The molecule has 0 aromatic heterocycles. The second-order valence-electron chi connectivity index (χ2n) is 5.92. The normalized spacial score (nSPS) is 17.4. The van der Waals surface area contributed by atoms with E-state index in [0.29, 0.717) is 18.1 Å². The molecule has 2 aromatic rings. The number of nitrogens with one attached hydrogen (secondary N) is 2. The number of amides is 1. The zero-order chi connectivity index (χ0) is 17.8. The molecule has 0 saturated carbocycles. The van der Waals surface area contributed by atoms with E-state index in [4.69, 9.17) is 11.6 Å². The van der Waals surface area contributed by atoms with E-state index in [-0.39, 0.29) is 42.4 Å². The predicted molar refractivity (Wildman–Crippen MR) is 101 cm³/mol. The average molecular weight is 402 g/mol. The molecule has 1 fully saturated rings. The molecule has 8 heteroatoms. The van der Waals surface area contributed by atoms with Crippen LogP contribution in [-0.4, -0.2) is 37.0 Å². The molecule has 0 radical (unpaired) electrons. The van der Waals surface area contributed by atoms with Gasteiger partial charge in [-0.1, -0.05) is 23.7 Å². The van der Waals surface area contributed by atoms with E-state index < -0.39 is 5.82 Å². The molecular formula is C18H19Cl2F2N3O. The molecule has 1 aliphatic heterocycles. The Morgan fingerprint density at radius 3 is 2.85 bits per heavy atom. The molecule has 4 nitrogen and oxygen atoms in total. The summed E-state index contributed by atoms with van der Waals surface area (Å²) in [6, 6.07) is 10.2. The van der Waals surface area contributed by atoms with E-state index in [1.165, 1.54) is 30.3 Å². The van der Waals surface area contributed by atoms with Crippen LogP contribution < -0.4 is 10.6 Å². The Bertz CT molecular complexity index is 776. The average Bonchev–Trinajstić information content (AvgIpc) is 2.58. The van der Waals surface area contributed by atoms with Gasteiger partial charge in [-0.25, -0.2) is 8.78 Å². The van der Waals surface area contributed by atoms with E-state index in [1.807, 2.05) is 11.0 Å². The second kappa shape index (κ2) is 9.28. The summed E-state index contributed by atoms with van der Waals surface area (Å²) in [5.74, 6) is -1.20. The zero-order valence-electron chi connectivity index (χ0n) is 13.8.